The van der Waals surface area contributed by atoms with Crippen molar-refractivity contribution >= 4 is 0 Å². The van der Waals surface area contributed by atoms with E-state index in [4.69, 9.17) is 0 Å². The van der Waals surface area contributed by atoms with Crippen LogP contribution in [-0.2, 0) is 12.1 Å². The molecule has 1 atom stereocenters. The van der Waals surface area contributed by atoms with Gasteiger partial charge in [0, 0.05) is 12.6 Å². The minimum absolute atomic E-state index is 0.0962. The van der Waals surface area contributed by atoms with E-state index < -0.39 is 0 Å². The molecular formula is C19H21N. The first-order valence-corrected chi connectivity index (χ1v) is 7.77. The normalized spacial score (nSPS) is 25.6. The summed E-state index contributed by atoms with van der Waals surface area (Å²) in [6.45, 7) is 3.45. The van der Waals surface area contributed by atoms with E-state index in [1.807, 2.05) is 0 Å². The third-order valence-corrected chi connectivity index (χ3v) is 5.04. The molecule has 0 radical (unpaired) electrons. The fraction of sp³-hybridized carbons (Fsp3) is 0.368. The number of nitrogens with zero attached hydrogens (tertiary/aromatic N) is 1. The lowest BCUT2D eigenvalue weighted by Crippen LogP contribution is -2.42. The van der Waals surface area contributed by atoms with Gasteiger partial charge in [0.15, 0.2) is 0 Å². The fourth-order valence-electron chi connectivity index (χ4n) is 3.99. The van der Waals surface area contributed by atoms with Crippen molar-refractivity contribution in [2.45, 2.75) is 44.3 Å². The monoisotopic (exact) mass is 263 g/mol. The lowest BCUT2D eigenvalue weighted by Gasteiger charge is -2.39. The van der Waals surface area contributed by atoms with Crippen molar-refractivity contribution in [3.63, 3.8) is 0 Å². The molecule has 2 aliphatic rings. The Labute approximate surface area is 121 Å². The van der Waals surface area contributed by atoms with E-state index in [2.05, 4.69) is 66.4 Å². The summed E-state index contributed by atoms with van der Waals surface area (Å²) in [6.07, 6.45) is 3.87. The molecule has 1 saturated carbocycles. The molecule has 0 amide bonds. The Balaban J connectivity index is 1.94. The summed E-state index contributed by atoms with van der Waals surface area (Å²) in [5.74, 6) is 0. The predicted molar refractivity (Wildman–Crippen MR) is 82.5 cm³/mol. The number of fused-ring (bicyclic) bond motifs is 1. The maximum atomic E-state index is 2.76. The van der Waals surface area contributed by atoms with Gasteiger partial charge in [-0.15, -0.1) is 0 Å². The minimum atomic E-state index is 0.0962. The van der Waals surface area contributed by atoms with Gasteiger partial charge in [0.1, 0.15) is 0 Å². The summed E-state index contributed by atoms with van der Waals surface area (Å²) in [5, 5.41) is 0. The first kappa shape index (κ1) is 12.2. The minimum Gasteiger partial charge on any atom is -0.283 e. The van der Waals surface area contributed by atoms with Gasteiger partial charge in [-0.05, 0) is 36.0 Å². The van der Waals surface area contributed by atoms with Gasteiger partial charge in [-0.25, -0.2) is 0 Å². The summed E-state index contributed by atoms with van der Waals surface area (Å²) in [4.78, 5) is 2.76. The number of benzene rings is 2. The molecule has 0 spiro atoms. The standard InChI is InChI=1S/C19H21N/c1-2-19(16-9-4-3-5-10-16)18-11-7-6-8-15(18)14-20(19)17-12-13-17/h3-11,17H,2,12-14H2,1H3. The van der Waals surface area contributed by atoms with E-state index in [-0.39, 0.29) is 5.54 Å². The summed E-state index contributed by atoms with van der Waals surface area (Å²) in [6, 6.07) is 20.9. The first-order valence-electron chi connectivity index (χ1n) is 7.77. The predicted octanol–water partition coefficient (Wildman–Crippen LogP) is 4.32. The van der Waals surface area contributed by atoms with Crippen molar-refractivity contribution in [3.05, 3.63) is 71.3 Å². The van der Waals surface area contributed by atoms with Crippen molar-refractivity contribution in [1.29, 1.82) is 0 Å². The van der Waals surface area contributed by atoms with Gasteiger partial charge >= 0.3 is 0 Å². The van der Waals surface area contributed by atoms with E-state index in [1.165, 1.54) is 29.5 Å². The molecule has 4 rings (SSSR count). The van der Waals surface area contributed by atoms with Crippen molar-refractivity contribution in [2.24, 2.45) is 0 Å². The molecule has 20 heavy (non-hydrogen) atoms. The molecule has 0 saturated heterocycles. The third-order valence-electron chi connectivity index (χ3n) is 5.04. The van der Waals surface area contributed by atoms with Gasteiger partial charge in [-0.1, -0.05) is 61.5 Å². The lowest BCUT2D eigenvalue weighted by atomic mass is 9.80. The smallest absolute Gasteiger partial charge is 0.0721 e. The zero-order valence-electron chi connectivity index (χ0n) is 12.0. The maximum absolute atomic E-state index is 2.76. The molecule has 1 heteroatoms. The molecule has 102 valence electrons. The summed E-state index contributed by atoms with van der Waals surface area (Å²) < 4.78 is 0. The Morgan fingerprint density at radius 2 is 1.70 bits per heavy atom. The van der Waals surface area contributed by atoms with Crippen molar-refractivity contribution < 1.29 is 0 Å². The van der Waals surface area contributed by atoms with Crippen LogP contribution in [0.2, 0.25) is 0 Å². The molecule has 1 fully saturated rings. The molecule has 2 aromatic carbocycles. The Morgan fingerprint density at radius 1 is 1.00 bits per heavy atom. The third kappa shape index (κ3) is 1.59. The van der Waals surface area contributed by atoms with Crippen molar-refractivity contribution in [2.75, 3.05) is 0 Å². The molecule has 1 heterocycles. The van der Waals surface area contributed by atoms with Crippen LogP contribution >= 0.6 is 0 Å². The highest BCUT2D eigenvalue weighted by atomic mass is 15.3. The number of rotatable bonds is 3. The van der Waals surface area contributed by atoms with Crippen LogP contribution in [0.4, 0.5) is 0 Å². The topological polar surface area (TPSA) is 3.24 Å². The second-order valence-corrected chi connectivity index (χ2v) is 6.10. The Kier molecular flexibility index (Phi) is 2.71. The maximum Gasteiger partial charge on any atom is 0.0721 e. The van der Waals surface area contributed by atoms with Gasteiger partial charge in [-0.3, -0.25) is 4.90 Å². The van der Waals surface area contributed by atoms with Crippen LogP contribution in [0.15, 0.2) is 54.6 Å². The van der Waals surface area contributed by atoms with Crippen LogP contribution in [-0.4, -0.2) is 10.9 Å². The van der Waals surface area contributed by atoms with E-state index in [1.54, 1.807) is 0 Å². The zero-order chi connectivity index (χ0) is 13.6. The van der Waals surface area contributed by atoms with Crippen LogP contribution in [0.5, 0.6) is 0 Å². The van der Waals surface area contributed by atoms with E-state index in [0.29, 0.717) is 0 Å². The molecular weight excluding hydrogens is 242 g/mol. The number of hydrogen-bond acceptors (Lipinski definition) is 1. The molecule has 1 aliphatic carbocycles. The van der Waals surface area contributed by atoms with E-state index in [0.717, 1.165) is 19.0 Å². The summed E-state index contributed by atoms with van der Waals surface area (Å²) in [5.41, 5.74) is 4.60. The molecule has 0 bridgehead atoms. The van der Waals surface area contributed by atoms with Crippen molar-refractivity contribution in [1.82, 2.24) is 4.90 Å². The molecule has 1 nitrogen and oxygen atoms in total. The number of hydrogen-bond donors (Lipinski definition) is 0. The van der Waals surface area contributed by atoms with Crippen LogP contribution in [0.25, 0.3) is 0 Å². The second kappa shape index (κ2) is 4.46. The Morgan fingerprint density at radius 3 is 2.40 bits per heavy atom. The van der Waals surface area contributed by atoms with E-state index in [9.17, 15) is 0 Å². The lowest BCUT2D eigenvalue weighted by molar-refractivity contribution is 0.124. The SMILES string of the molecule is CCC1(c2ccccc2)c2ccccc2CN1C1CC1. The fourth-order valence-corrected chi connectivity index (χ4v) is 3.99. The van der Waals surface area contributed by atoms with Crippen LogP contribution in [0, 0.1) is 0 Å². The molecule has 2 aromatic rings. The average Bonchev–Trinajstić information content (AvgIpc) is 3.30. The highest BCUT2D eigenvalue weighted by Gasteiger charge is 2.50. The van der Waals surface area contributed by atoms with Gasteiger partial charge in [0.2, 0.25) is 0 Å². The van der Waals surface area contributed by atoms with Gasteiger partial charge in [-0.2, -0.15) is 0 Å². The Bertz CT molecular complexity index is 615. The zero-order valence-corrected chi connectivity index (χ0v) is 12.0. The van der Waals surface area contributed by atoms with Crippen LogP contribution < -0.4 is 0 Å². The van der Waals surface area contributed by atoms with Crippen molar-refractivity contribution in [3.8, 4) is 0 Å². The van der Waals surface area contributed by atoms with E-state index >= 15 is 0 Å². The van der Waals surface area contributed by atoms with Crippen LogP contribution in [0.3, 0.4) is 0 Å². The first-order chi connectivity index (χ1) is 9.86. The summed E-state index contributed by atoms with van der Waals surface area (Å²) in [7, 11) is 0. The van der Waals surface area contributed by atoms with Gasteiger partial charge in [0.05, 0.1) is 5.54 Å². The van der Waals surface area contributed by atoms with Gasteiger partial charge < -0.3 is 0 Å². The molecule has 1 unspecified atom stereocenters. The second-order valence-electron chi connectivity index (χ2n) is 6.10. The largest absolute Gasteiger partial charge is 0.283 e. The van der Waals surface area contributed by atoms with Gasteiger partial charge in [0.25, 0.3) is 0 Å². The molecule has 1 aliphatic heterocycles. The molecule has 0 aromatic heterocycles. The van der Waals surface area contributed by atoms with Crippen LogP contribution in [0.1, 0.15) is 42.9 Å². The highest BCUT2D eigenvalue weighted by molar-refractivity contribution is 5.47. The quantitative estimate of drug-likeness (QED) is 0.797. The molecule has 0 N–H and O–H groups in total. The summed E-state index contributed by atoms with van der Waals surface area (Å²) >= 11 is 0. The Hall–Kier alpha value is -1.60. The average molecular weight is 263 g/mol. The highest BCUT2D eigenvalue weighted by Crippen LogP contribution is 2.51.